The fraction of sp³-hybridized carbons (Fsp3) is 0.238. The molecule has 0 spiro atoms. The number of ether oxygens (including phenoxy) is 1. The highest BCUT2D eigenvalue weighted by Gasteiger charge is 2.13. The molecule has 0 saturated heterocycles. The van der Waals surface area contributed by atoms with Gasteiger partial charge in [-0.25, -0.2) is 0 Å². The normalized spacial score (nSPS) is 11.2. The van der Waals surface area contributed by atoms with Crippen LogP contribution < -0.4 is 4.74 Å². The van der Waals surface area contributed by atoms with Gasteiger partial charge < -0.3 is 9.84 Å². The molecule has 0 aliphatic carbocycles. The molecule has 0 aliphatic heterocycles. The molecular weight excluding hydrogens is 284 g/mol. The second kappa shape index (κ2) is 7.68. The van der Waals surface area contributed by atoms with E-state index in [0.717, 1.165) is 22.3 Å². The summed E-state index contributed by atoms with van der Waals surface area (Å²) in [7, 11) is 1.64. The maximum absolute atomic E-state index is 10.5. The summed E-state index contributed by atoms with van der Waals surface area (Å²) in [5.74, 6) is 0.986. The molecular formula is C21H24O2. The Morgan fingerprint density at radius 3 is 2.35 bits per heavy atom. The average Bonchev–Trinajstić information content (AvgIpc) is 2.55. The summed E-state index contributed by atoms with van der Waals surface area (Å²) in [6.45, 7) is 6.10. The summed E-state index contributed by atoms with van der Waals surface area (Å²) in [6, 6.07) is 14.0. The topological polar surface area (TPSA) is 29.5 Å². The Kier molecular flexibility index (Phi) is 5.64. The number of phenols is 1. The molecule has 23 heavy (non-hydrogen) atoms. The smallest absolute Gasteiger partial charge is 0.126 e. The molecule has 0 fully saturated rings. The summed E-state index contributed by atoms with van der Waals surface area (Å²) in [6.07, 6.45) is 4.80. The number of allylic oxidation sites excluding steroid dienone is 3. The van der Waals surface area contributed by atoms with Crippen molar-refractivity contribution in [1.82, 2.24) is 0 Å². The van der Waals surface area contributed by atoms with Crippen molar-refractivity contribution in [1.29, 1.82) is 0 Å². The summed E-state index contributed by atoms with van der Waals surface area (Å²) in [4.78, 5) is 0. The zero-order valence-electron chi connectivity index (χ0n) is 14.3. The van der Waals surface area contributed by atoms with E-state index in [1.165, 1.54) is 5.57 Å². The zero-order chi connectivity index (χ0) is 16.8. The van der Waals surface area contributed by atoms with Gasteiger partial charge in [0.15, 0.2) is 0 Å². The van der Waals surface area contributed by atoms with E-state index in [1.54, 1.807) is 7.11 Å². The number of hydrogen-bond acceptors (Lipinski definition) is 2. The minimum atomic E-state index is 0.270. The van der Waals surface area contributed by atoms with E-state index in [1.807, 2.05) is 51.1 Å². The Morgan fingerprint density at radius 2 is 1.78 bits per heavy atom. The first-order valence-corrected chi connectivity index (χ1v) is 7.82. The van der Waals surface area contributed by atoms with Crippen molar-refractivity contribution in [2.45, 2.75) is 27.2 Å². The van der Waals surface area contributed by atoms with Gasteiger partial charge in [0.2, 0.25) is 0 Å². The van der Waals surface area contributed by atoms with Crippen molar-refractivity contribution in [3.8, 4) is 11.5 Å². The Morgan fingerprint density at radius 1 is 1.09 bits per heavy atom. The summed E-state index contributed by atoms with van der Waals surface area (Å²) < 4.78 is 5.51. The second-order valence-corrected chi connectivity index (χ2v) is 5.73. The van der Waals surface area contributed by atoms with Gasteiger partial charge in [0.1, 0.15) is 11.5 Å². The van der Waals surface area contributed by atoms with E-state index in [0.29, 0.717) is 12.2 Å². The van der Waals surface area contributed by atoms with Crippen molar-refractivity contribution in [3.05, 3.63) is 76.9 Å². The van der Waals surface area contributed by atoms with Crippen LogP contribution in [0.25, 0.3) is 5.57 Å². The maximum Gasteiger partial charge on any atom is 0.126 e. The predicted molar refractivity (Wildman–Crippen MR) is 97.0 cm³/mol. The maximum atomic E-state index is 10.5. The first kappa shape index (κ1) is 16.9. The summed E-state index contributed by atoms with van der Waals surface area (Å²) >= 11 is 0. The molecule has 0 aliphatic rings. The lowest BCUT2D eigenvalue weighted by Crippen LogP contribution is -1.96. The van der Waals surface area contributed by atoms with Crippen LogP contribution in [0, 0.1) is 0 Å². The van der Waals surface area contributed by atoms with Crippen LogP contribution in [0.2, 0.25) is 0 Å². The van der Waals surface area contributed by atoms with Gasteiger partial charge in [0.05, 0.1) is 7.11 Å². The van der Waals surface area contributed by atoms with Crippen molar-refractivity contribution in [2.24, 2.45) is 0 Å². The van der Waals surface area contributed by atoms with Gasteiger partial charge in [-0.1, -0.05) is 48.1 Å². The van der Waals surface area contributed by atoms with E-state index in [9.17, 15) is 5.11 Å². The number of rotatable bonds is 5. The van der Waals surface area contributed by atoms with Gasteiger partial charge in [-0.2, -0.15) is 0 Å². The van der Waals surface area contributed by atoms with Crippen molar-refractivity contribution >= 4 is 5.57 Å². The minimum Gasteiger partial charge on any atom is -0.507 e. The number of hydrogen-bond donors (Lipinski definition) is 1. The van der Waals surface area contributed by atoms with E-state index in [-0.39, 0.29) is 5.75 Å². The zero-order valence-corrected chi connectivity index (χ0v) is 14.3. The van der Waals surface area contributed by atoms with Crippen LogP contribution in [-0.2, 0) is 6.42 Å². The van der Waals surface area contributed by atoms with Gasteiger partial charge in [0.25, 0.3) is 0 Å². The molecule has 2 nitrogen and oxygen atoms in total. The first-order chi connectivity index (χ1) is 11.1. The highest BCUT2D eigenvalue weighted by Crippen LogP contribution is 2.35. The third kappa shape index (κ3) is 4.04. The molecule has 0 heterocycles. The molecule has 0 radical (unpaired) electrons. The SMILES string of the molecule is C/C=C(\c1ccccc1)c1cc(O)c(CC=C(C)C)c(OC)c1. The average molecular weight is 308 g/mol. The summed E-state index contributed by atoms with van der Waals surface area (Å²) in [5, 5.41) is 10.5. The van der Waals surface area contributed by atoms with Crippen molar-refractivity contribution in [2.75, 3.05) is 7.11 Å². The molecule has 120 valence electrons. The lowest BCUT2D eigenvalue weighted by Gasteiger charge is -2.14. The van der Waals surface area contributed by atoms with Crippen molar-refractivity contribution in [3.63, 3.8) is 0 Å². The van der Waals surface area contributed by atoms with Crippen LogP contribution in [0.15, 0.2) is 60.2 Å². The van der Waals surface area contributed by atoms with Crippen LogP contribution in [0.5, 0.6) is 11.5 Å². The number of benzene rings is 2. The Bertz CT molecular complexity index is 721. The van der Waals surface area contributed by atoms with Crippen LogP contribution in [0.1, 0.15) is 37.5 Å². The fourth-order valence-corrected chi connectivity index (χ4v) is 2.60. The minimum absolute atomic E-state index is 0.270. The van der Waals surface area contributed by atoms with E-state index >= 15 is 0 Å². The van der Waals surface area contributed by atoms with E-state index in [2.05, 4.69) is 24.3 Å². The quantitative estimate of drug-likeness (QED) is 0.753. The standard InChI is InChI=1S/C21H24O2/c1-5-18(16-9-7-6-8-10-16)17-13-20(22)19(12-11-15(2)3)21(14-17)23-4/h5-11,13-14,22H,12H2,1-4H3/b18-5+. The van der Waals surface area contributed by atoms with Crippen LogP contribution in [0.3, 0.4) is 0 Å². The highest BCUT2D eigenvalue weighted by molar-refractivity contribution is 5.81. The monoisotopic (exact) mass is 308 g/mol. The molecule has 0 aromatic heterocycles. The lowest BCUT2D eigenvalue weighted by atomic mass is 9.95. The van der Waals surface area contributed by atoms with Crippen molar-refractivity contribution < 1.29 is 9.84 Å². The van der Waals surface area contributed by atoms with E-state index < -0.39 is 0 Å². The largest absolute Gasteiger partial charge is 0.507 e. The lowest BCUT2D eigenvalue weighted by molar-refractivity contribution is 0.401. The third-order valence-corrected chi connectivity index (χ3v) is 3.80. The molecule has 2 heteroatoms. The van der Waals surface area contributed by atoms with Crippen LogP contribution in [-0.4, -0.2) is 12.2 Å². The van der Waals surface area contributed by atoms with Gasteiger partial charge in [0, 0.05) is 5.56 Å². The van der Waals surface area contributed by atoms with Crippen LogP contribution >= 0.6 is 0 Å². The molecule has 0 atom stereocenters. The van der Waals surface area contributed by atoms with Gasteiger partial charge in [-0.3, -0.25) is 0 Å². The Balaban J connectivity index is 2.49. The molecule has 2 aromatic carbocycles. The molecule has 0 bridgehead atoms. The Hall–Kier alpha value is -2.48. The molecule has 2 aromatic rings. The third-order valence-electron chi connectivity index (χ3n) is 3.80. The van der Waals surface area contributed by atoms with Gasteiger partial charge in [-0.05, 0) is 56.0 Å². The first-order valence-electron chi connectivity index (χ1n) is 7.82. The highest BCUT2D eigenvalue weighted by atomic mass is 16.5. The molecule has 0 amide bonds. The molecule has 1 N–H and O–H groups in total. The predicted octanol–water partition coefficient (Wildman–Crippen LogP) is 5.36. The Labute approximate surface area is 138 Å². The second-order valence-electron chi connectivity index (χ2n) is 5.73. The fourth-order valence-electron chi connectivity index (χ4n) is 2.60. The number of aromatic hydroxyl groups is 1. The molecule has 0 unspecified atom stereocenters. The number of phenolic OH excluding ortho intramolecular Hbond substituents is 1. The van der Waals surface area contributed by atoms with Gasteiger partial charge in [-0.15, -0.1) is 0 Å². The molecule has 2 rings (SSSR count). The molecule has 0 saturated carbocycles. The van der Waals surface area contributed by atoms with Gasteiger partial charge >= 0.3 is 0 Å². The number of methoxy groups -OCH3 is 1. The summed E-state index contributed by atoms with van der Waals surface area (Å²) in [5.41, 5.74) is 5.19. The van der Waals surface area contributed by atoms with Crippen LogP contribution in [0.4, 0.5) is 0 Å². The van der Waals surface area contributed by atoms with E-state index in [4.69, 9.17) is 4.74 Å².